The molecule has 0 fully saturated rings. The molecule has 1 heterocycles. The average molecular weight is 379 g/mol. The van der Waals surface area contributed by atoms with E-state index in [1.165, 1.54) is 36.5 Å². The minimum Gasteiger partial charge on any atom is -0.478 e. The van der Waals surface area contributed by atoms with E-state index in [4.69, 9.17) is 4.42 Å². The fraction of sp³-hybridized carbons (Fsp3) is 0. The maximum Gasteiger partial charge on any atom is 0.336 e. The average Bonchev–Trinajstić information content (AvgIpc) is 3.16. The lowest BCUT2D eigenvalue weighted by Crippen LogP contribution is -2.18. The quantitative estimate of drug-likeness (QED) is 0.383. The molecular formula is C19H13N3O6. The maximum atomic E-state index is 12.1. The topological polar surface area (TPSA) is 135 Å². The Morgan fingerprint density at radius 3 is 2.43 bits per heavy atom. The van der Waals surface area contributed by atoms with Crippen LogP contribution in [0.4, 0.5) is 5.69 Å². The third-order valence-corrected chi connectivity index (χ3v) is 3.75. The first-order chi connectivity index (χ1) is 13.5. The second-order valence-electron chi connectivity index (χ2n) is 5.53. The van der Waals surface area contributed by atoms with Crippen molar-refractivity contribution >= 4 is 23.8 Å². The summed E-state index contributed by atoms with van der Waals surface area (Å²) in [6, 6.07) is 15.0. The van der Waals surface area contributed by atoms with Crippen molar-refractivity contribution in [1.82, 2.24) is 5.43 Å². The Labute approximate surface area is 158 Å². The number of benzene rings is 2. The lowest BCUT2D eigenvalue weighted by atomic mass is 10.1. The predicted molar refractivity (Wildman–Crippen MR) is 99.3 cm³/mol. The molecule has 1 amide bonds. The van der Waals surface area contributed by atoms with Crippen molar-refractivity contribution in [2.24, 2.45) is 5.10 Å². The molecule has 0 aliphatic carbocycles. The molecule has 1 aromatic heterocycles. The standard InChI is InChI=1S/C19H13N3O6/c23-18(15-7-3-4-8-16(15)22(26)27)21-20-11-12-9-10-17(28-12)13-5-1-2-6-14(13)19(24)25/h1-11H,(H,21,23)(H,24,25)/b20-11-. The Morgan fingerprint density at radius 2 is 1.71 bits per heavy atom. The fourth-order valence-electron chi connectivity index (χ4n) is 2.49. The Balaban J connectivity index is 1.75. The van der Waals surface area contributed by atoms with Gasteiger partial charge in [-0.1, -0.05) is 30.3 Å². The van der Waals surface area contributed by atoms with Gasteiger partial charge in [-0.15, -0.1) is 0 Å². The van der Waals surface area contributed by atoms with Gasteiger partial charge in [0.15, 0.2) is 0 Å². The van der Waals surface area contributed by atoms with Crippen LogP contribution < -0.4 is 5.43 Å². The first kappa shape index (κ1) is 18.5. The van der Waals surface area contributed by atoms with Crippen LogP contribution in [0.25, 0.3) is 11.3 Å². The predicted octanol–water partition coefficient (Wildman–Crippen LogP) is 3.32. The summed E-state index contributed by atoms with van der Waals surface area (Å²) in [6.07, 6.45) is 1.21. The number of furan rings is 1. The molecule has 0 saturated carbocycles. The summed E-state index contributed by atoms with van der Waals surface area (Å²) in [5, 5.41) is 23.9. The van der Waals surface area contributed by atoms with Crippen LogP contribution in [0.1, 0.15) is 26.5 Å². The van der Waals surface area contributed by atoms with Gasteiger partial charge in [-0.3, -0.25) is 14.9 Å². The molecule has 2 N–H and O–H groups in total. The van der Waals surface area contributed by atoms with Crippen molar-refractivity contribution in [3.05, 3.63) is 87.7 Å². The summed E-state index contributed by atoms with van der Waals surface area (Å²) in [6.45, 7) is 0. The van der Waals surface area contributed by atoms with Crippen molar-refractivity contribution in [1.29, 1.82) is 0 Å². The van der Waals surface area contributed by atoms with Gasteiger partial charge in [-0.05, 0) is 24.3 Å². The third-order valence-electron chi connectivity index (χ3n) is 3.75. The van der Waals surface area contributed by atoms with Crippen molar-refractivity contribution in [2.75, 3.05) is 0 Å². The number of para-hydroxylation sites is 1. The molecule has 3 rings (SSSR count). The molecule has 28 heavy (non-hydrogen) atoms. The van der Waals surface area contributed by atoms with Crippen LogP contribution in [0, 0.1) is 10.1 Å². The van der Waals surface area contributed by atoms with Crippen LogP contribution >= 0.6 is 0 Å². The molecule has 0 aliphatic heterocycles. The largest absolute Gasteiger partial charge is 0.478 e. The fourth-order valence-corrected chi connectivity index (χ4v) is 2.49. The van der Waals surface area contributed by atoms with Gasteiger partial charge in [0, 0.05) is 11.6 Å². The summed E-state index contributed by atoms with van der Waals surface area (Å²) in [5.41, 5.74) is 2.23. The van der Waals surface area contributed by atoms with E-state index in [9.17, 15) is 24.8 Å². The highest BCUT2D eigenvalue weighted by atomic mass is 16.6. The van der Waals surface area contributed by atoms with Crippen LogP contribution in [0.5, 0.6) is 0 Å². The first-order valence-electron chi connectivity index (χ1n) is 7.96. The molecule has 0 aliphatic rings. The van der Waals surface area contributed by atoms with Crippen molar-refractivity contribution in [2.45, 2.75) is 0 Å². The van der Waals surface area contributed by atoms with E-state index in [1.54, 1.807) is 30.3 Å². The molecule has 3 aromatic rings. The number of aromatic carboxylic acids is 1. The summed E-state index contributed by atoms with van der Waals surface area (Å²) in [4.78, 5) is 33.7. The second-order valence-corrected chi connectivity index (χ2v) is 5.53. The van der Waals surface area contributed by atoms with Crippen molar-refractivity contribution < 1.29 is 24.0 Å². The summed E-state index contributed by atoms with van der Waals surface area (Å²) in [7, 11) is 0. The number of hydrogen-bond acceptors (Lipinski definition) is 6. The normalized spacial score (nSPS) is 10.7. The number of carboxylic acids is 1. The molecule has 0 atom stereocenters. The molecule has 0 radical (unpaired) electrons. The number of amides is 1. The Kier molecular flexibility index (Phi) is 5.26. The Bertz CT molecular complexity index is 1090. The van der Waals surface area contributed by atoms with Gasteiger partial charge in [-0.25, -0.2) is 10.2 Å². The highest BCUT2D eigenvalue weighted by Crippen LogP contribution is 2.25. The van der Waals surface area contributed by atoms with Crippen LogP contribution in [-0.4, -0.2) is 28.1 Å². The van der Waals surface area contributed by atoms with Gasteiger partial charge in [-0.2, -0.15) is 5.10 Å². The Morgan fingerprint density at radius 1 is 1.04 bits per heavy atom. The van der Waals surface area contributed by atoms with Crippen molar-refractivity contribution in [3.8, 4) is 11.3 Å². The number of nitro groups is 1. The van der Waals surface area contributed by atoms with E-state index >= 15 is 0 Å². The van der Waals surface area contributed by atoms with Crippen LogP contribution in [0.15, 0.2) is 70.2 Å². The number of carbonyl (C=O) groups excluding carboxylic acids is 1. The molecule has 0 unspecified atom stereocenters. The molecule has 0 saturated heterocycles. The number of carbonyl (C=O) groups is 2. The van der Waals surface area contributed by atoms with Crippen LogP contribution in [0.2, 0.25) is 0 Å². The molecular weight excluding hydrogens is 366 g/mol. The summed E-state index contributed by atoms with van der Waals surface area (Å²) in [5.74, 6) is -1.24. The smallest absolute Gasteiger partial charge is 0.336 e. The molecule has 0 bridgehead atoms. The third kappa shape index (κ3) is 3.93. The number of hydrogen-bond donors (Lipinski definition) is 2. The van der Waals surface area contributed by atoms with Gasteiger partial charge in [0.25, 0.3) is 11.6 Å². The number of hydrazone groups is 1. The lowest BCUT2D eigenvalue weighted by molar-refractivity contribution is -0.385. The van der Waals surface area contributed by atoms with Gasteiger partial charge in [0.2, 0.25) is 0 Å². The number of nitrogens with one attached hydrogen (secondary N) is 1. The van der Waals surface area contributed by atoms with Gasteiger partial charge >= 0.3 is 5.97 Å². The van der Waals surface area contributed by atoms with E-state index < -0.39 is 16.8 Å². The first-order valence-corrected chi connectivity index (χ1v) is 7.96. The number of nitro benzene ring substituents is 1. The second kappa shape index (κ2) is 7.96. The highest BCUT2D eigenvalue weighted by molar-refractivity contribution is 5.98. The van der Waals surface area contributed by atoms with E-state index in [-0.39, 0.29) is 22.6 Å². The SMILES string of the molecule is O=C(O)c1ccccc1-c1ccc(/C=N\NC(=O)c2ccccc2[N+](=O)[O-])o1. The molecule has 9 nitrogen and oxygen atoms in total. The van der Waals surface area contributed by atoms with E-state index in [2.05, 4.69) is 10.5 Å². The molecule has 140 valence electrons. The van der Waals surface area contributed by atoms with Crippen LogP contribution in [-0.2, 0) is 0 Å². The minimum absolute atomic E-state index is 0.0880. The molecule has 9 heteroatoms. The maximum absolute atomic E-state index is 12.1. The number of rotatable bonds is 6. The van der Waals surface area contributed by atoms with Crippen molar-refractivity contribution in [3.63, 3.8) is 0 Å². The minimum atomic E-state index is -1.08. The molecule has 0 spiro atoms. The van der Waals surface area contributed by atoms with Gasteiger partial charge in [0.1, 0.15) is 17.1 Å². The van der Waals surface area contributed by atoms with E-state index in [0.29, 0.717) is 11.3 Å². The molecule has 2 aromatic carbocycles. The Hall–Kier alpha value is -4.27. The summed E-state index contributed by atoms with van der Waals surface area (Å²) < 4.78 is 5.54. The monoisotopic (exact) mass is 379 g/mol. The van der Waals surface area contributed by atoms with E-state index in [0.717, 1.165) is 0 Å². The van der Waals surface area contributed by atoms with Gasteiger partial charge < -0.3 is 9.52 Å². The number of carboxylic acid groups (broad SMARTS) is 1. The summed E-state index contributed by atoms with van der Waals surface area (Å²) >= 11 is 0. The van der Waals surface area contributed by atoms with E-state index in [1.807, 2.05) is 0 Å². The highest BCUT2D eigenvalue weighted by Gasteiger charge is 2.18. The zero-order chi connectivity index (χ0) is 20.1. The lowest BCUT2D eigenvalue weighted by Gasteiger charge is -2.02. The zero-order valence-electron chi connectivity index (χ0n) is 14.2. The zero-order valence-corrected chi connectivity index (χ0v) is 14.2. The number of nitrogens with zero attached hydrogens (tertiary/aromatic N) is 2. The van der Waals surface area contributed by atoms with Crippen LogP contribution in [0.3, 0.4) is 0 Å². The van der Waals surface area contributed by atoms with Gasteiger partial charge in [0.05, 0.1) is 16.7 Å².